The minimum Gasteiger partial charge on any atom is -0.455 e. The van der Waals surface area contributed by atoms with Crippen LogP contribution in [0.3, 0.4) is 0 Å². The maximum atomic E-state index is 12.2. The highest BCUT2D eigenvalue weighted by Crippen LogP contribution is 2.29. The molecule has 0 saturated heterocycles. The summed E-state index contributed by atoms with van der Waals surface area (Å²) < 4.78 is 6.93. The van der Waals surface area contributed by atoms with Crippen LogP contribution in [0, 0.1) is 6.92 Å². The summed E-state index contributed by atoms with van der Waals surface area (Å²) in [5.74, 6) is -0.586. The van der Waals surface area contributed by atoms with E-state index in [9.17, 15) is 9.59 Å². The lowest BCUT2D eigenvalue weighted by molar-refractivity contribution is -0.115. The minimum absolute atomic E-state index is 0.0319. The summed E-state index contributed by atoms with van der Waals surface area (Å²) in [5, 5.41) is 6.34. The van der Waals surface area contributed by atoms with Crippen LogP contribution in [0.5, 0.6) is 0 Å². The molecule has 0 bridgehead atoms. The Morgan fingerprint density at radius 2 is 2.00 bits per heavy atom. The number of ether oxygens (including phenoxy) is 1. The molecule has 2 aromatic heterocycles. The van der Waals surface area contributed by atoms with Gasteiger partial charge in [-0.15, -0.1) is 11.3 Å². The number of hydrogen-bond donors (Lipinski definition) is 0. The minimum atomic E-state index is -0.448. The van der Waals surface area contributed by atoms with Crippen LogP contribution in [0.4, 0.5) is 10.8 Å². The van der Waals surface area contributed by atoms with Crippen LogP contribution < -0.4 is 4.90 Å². The summed E-state index contributed by atoms with van der Waals surface area (Å²) in [6.45, 7) is 3.32. The van der Waals surface area contributed by atoms with Crippen LogP contribution >= 0.6 is 11.3 Å². The molecule has 0 fully saturated rings. The van der Waals surface area contributed by atoms with Gasteiger partial charge in [-0.2, -0.15) is 5.10 Å². The number of esters is 1. The van der Waals surface area contributed by atoms with E-state index in [1.807, 2.05) is 30.3 Å². The number of rotatable bonds is 5. The van der Waals surface area contributed by atoms with Gasteiger partial charge < -0.3 is 4.74 Å². The Balaban J connectivity index is 1.72. The first-order chi connectivity index (χ1) is 12.5. The van der Waals surface area contributed by atoms with Gasteiger partial charge >= 0.3 is 5.97 Å². The quantitative estimate of drug-likeness (QED) is 0.645. The molecule has 0 aliphatic rings. The molecule has 8 heteroatoms. The van der Waals surface area contributed by atoms with E-state index in [0.29, 0.717) is 16.4 Å². The molecule has 0 N–H and O–H groups in total. The van der Waals surface area contributed by atoms with Crippen LogP contribution in [0.15, 0.2) is 41.9 Å². The van der Waals surface area contributed by atoms with Crippen molar-refractivity contribution in [2.45, 2.75) is 20.5 Å². The predicted octanol–water partition coefficient (Wildman–Crippen LogP) is 3.23. The Morgan fingerprint density at radius 3 is 2.62 bits per heavy atom. The summed E-state index contributed by atoms with van der Waals surface area (Å²) in [4.78, 5) is 30.2. The summed E-state index contributed by atoms with van der Waals surface area (Å²) in [5.41, 5.74) is 2.49. The fourth-order valence-electron chi connectivity index (χ4n) is 2.39. The number of aryl methyl sites for hydroxylation is 1. The molecular weight excluding hydrogens is 352 g/mol. The lowest BCUT2D eigenvalue weighted by Crippen LogP contribution is -2.22. The van der Waals surface area contributed by atoms with Gasteiger partial charge in [-0.05, 0) is 19.1 Å². The number of carbonyl (C=O) groups is 2. The molecule has 0 saturated carbocycles. The largest absolute Gasteiger partial charge is 0.455 e. The molecule has 0 radical (unpaired) electrons. The average molecular weight is 370 g/mol. The fourth-order valence-corrected chi connectivity index (χ4v) is 3.26. The topological polar surface area (TPSA) is 77.3 Å². The van der Waals surface area contributed by atoms with E-state index in [4.69, 9.17) is 4.74 Å². The number of thiazole rings is 1. The first kappa shape index (κ1) is 17.8. The van der Waals surface area contributed by atoms with E-state index in [1.54, 1.807) is 24.0 Å². The van der Waals surface area contributed by atoms with Crippen molar-refractivity contribution in [1.29, 1.82) is 0 Å². The zero-order chi connectivity index (χ0) is 18.7. The molecule has 3 rings (SSSR count). The predicted molar refractivity (Wildman–Crippen MR) is 98.4 cm³/mol. The van der Waals surface area contributed by atoms with Crippen molar-refractivity contribution in [2.75, 3.05) is 4.90 Å². The van der Waals surface area contributed by atoms with Crippen LogP contribution in [0.1, 0.15) is 28.7 Å². The van der Waals surface area contributed by atoms with Crippen LogP contribution in [0.2, 0.25) is 0 Å². The second-order valence-electron chi connectivity index (χ2n) is 5.65. The Morgan fingerprint density at radius 1 is 1.27 bits per heavy atom. The first-order valence-corrected chi connectivity index (χ1v) is 8.81. The van der Waals surface area contributed by atoms with Crippen molar-refractivity contribution in [3.8, 4) is 0 Å². The number of para-hydroxylation sites is 1. The smallest absolute Gasteiger partial charge is 0.342 e. The molecule has 1 aromatic carbocycles. The third-order valence-electron chi connectivity index (χ3n) is 3.87. The Bertz CT molecular complexity index is 933. The molecule has 1 amide bonds. The summed E-state index contributed by atoms with van der Waals surface area (Å²) in [6.07, 6.45) is 1.48. The second kappa shape index (κ2) is 7.49. The highest BCUT2D eigenvalue weighted by Gasteiger charge is 2.19. The van der Waals surface area contributed by atoms with Gasteiger partial charge in [0.25, 0.3) is 0 Å². The Labute approximate surface area is 154 Å². The number of amides is 1. The molecule has 3 aromatic rings. The first-order valence-electron chi connectivity index (χ1n) is 7.93. The standard InChI is InChI=1S/C18H18N4O3S/c1-12-16(9-19-21(12)3)17(24)25-10-14-11-26-18(20-14)22(13(2)23)15-7-5-4-6-8-15/h4-9,11H,10H2,1-3H3. The molecule has 2 heterocycles. The third kappa shape index (κ3) is 3.65. The molecular formula is C18H18N4O3S. The van der Waals surface area contributed by atoms with Crippen molar-refractivity contribution in [1.82, 2.24) is 14.8 Å². The van der Waals surface area contributed by atoms with E-state index < -0.39 is 5.97 Å². The van der Waals surface area contributed by atoms with Gasteiger partial charge in [-0.3, -0.25) is 14.4 Å². The molecule has 7 nitrogen and oxygen atoms in total. The molecule has 0 aliphatic heterocycles. The summed E-state index contributed by atoms with van der Waals surface area (Å²) >= 11 is 1.32. The zero-order valence-corrected chi connectivity index (χ0v) is 15.5. The van der Waals surface area contributed by atoms with Crippen molar-refractivity contribution in [2.24, 2.45) is 7.05 Å². The highest BCUT2D eigenvalue weighted by atomic mass is 32.1. The van der Waals surface area contributed by atoms with Crippen molar-refractivity contribution >= 4 is 34.0 Å². The van der Waals surface area contributed by atoms with Gasteiger partial charge in [0, 0.05) is 25.0 Å². The molecule has 26 heavy (non-hydrogen) atoms. The van der Waals surface area contributed by atoms with E-state index in [-0.39, 0.29) is 12.5 Å². The van der Waals surface area contributed by atoms with E-state index >= 15 is 0 Å². The highest BCUT2D eigenvalue weighted by molar-refractivity contribution is 7.14. The molecule has 0 unspecified atom stereocenters. The summed E-state index contributed by atoms with van der Waals surface area (Å²) in [7, 11) is 1.76. The molecule has 134 valence electrons. The van der Waals surface area contributed by atoms with E-state index in [0.717, 1.165) is 11.4 Å². The number of nitrogens with zero attached hydrogens (tertiary/aromatic N) is 4. The Hall–Kier alpha value is -3.00. The second-order valence-corrected chi connectivity index (χ2v) is 6.49. The van der Waals surface area contributed by atoms with Crippen LogP contribution in [0.25, 0.3) is 0 Å². The van der Waals surface area contributed by atoms with E-state index in [1.165, 1.54) is 29.4 Å². The maximum absolute atomic E-state index is 12.2. The lowest BCUT2D eigenvalue weighted by atomic mass is 10.3. The van der Waals surface area contributed by atoms with Crippen molar-refractivity contribution < 1.29 is 14.3 Å². The van der Waals surface area contributed by atoms with E-state index in [2.05, 4.69) is 10.1 Å². The number of aromatic nitrogens is 3. The monoisotopic (exact) mass is 370 g/mol. The number of hydrogen-bond acceptors (Lipinski definition) is 6. The van der Waals surface area contributed by atoms with Gasteiger partial charge in [0.15, 0.2) is 5.13 Å². The van der Waals surface area contributed by atoms with Gasteiger partial charge in [-0.25, -0.2) is 9.78 Å². The van der Waals surface area contributed by atoms with Gasteiger partial charge in [0.05, 0.1) is 17.6 Å². The molecule has 0 spiro atoms. The lowest BCUT2D eigenvalue weighted by Gasteiger charge is -2.17. The number of benzene rings is 1. The SMILES string of the molecule is CC(=O)N(c1ccccc1)c1nc(COC(=O)c2cnn(C)c2C)cs1. The van der Waals surface area contributed by atoms with Gasteiger partial charge in [-0.1, -0.05) is 18.2 Å². The third-order valence-corrected chi connectivity index (χ3v) is 4.74. The zero-order valence-electron chi connectivity index (χ0n) is 14.7. The van der Waals surface area contributed by atoms with Crippen molar-refractivity contribution in [3.63, 3.8) is 0 Å². The molecule has 0 aliphatic carbocycles. The number of carbonyl (C=O) groups excluding carboxylic acids is 2. The van der Waals surface area contributed by atoms with Crippen molar-refractivity contribution in [3.05, 3.63) is 58.9 Å². The van der Waals surface area contributed by atoms with Gasteiger partial charge in [0.1, 0.15) is 12.2 Å². The van der Waals surface area contributed by atoms with Crippen LogP contribution in [-0.2, 0) is 23.2 Å². The normalized spacial score (nSPS) is 10.6. The summed E-state index contributed by atoms with van der Waals surface area (Å²) in [6, 6.07) is 9.28. The molecule has 0 atom stereocenters. The van der Waals surface area contributed by atoms with Gasteiger partial charge in [0.2, 0.25) is 5.91 Å². The average Bonchev–Trinajstić information content (AvgIpc) is 3.21. The fraction of sp³-hybridized carbons (Fsp3) is 0.222. The maximum Gasteiger partial charge on any atom is 0.342 e. The van der Waals surface area contributed by atoms with Crippen LogP contribution in [-0.4, -0.2) is 26.6 Å². The Kier molecular flexibility index (Phi) is 5.13. The number of anilines is 2.